The number of carbonyl (C=O) groups is 1. The van der Waals surface area contributed by atoms with Gasteiger partial charge >= 0.3 is 7.87 Å². The third-order valence-corrected chi connectivity index (χ3v) is 5.21. The fraction of sp³-hybridized carbons (Fsp3) is 0.462. The van der Waals surface area contributed by atoms with Crippen molar-refractivity contribution in [1.29, 1.82) is 5.26 Å². The highest BCUT2D eigenvalue weighted by molar-refractivity contribution is 7.63. The number of ether oxygens (including phenoxy) is 1. The molecule has 1 aromatic heterocycles. The van der Waals surface area contributed by atoms with Gasteiger partial charge in [-0.05, 0) is 12.8 Å². The molecule has 0 aromatic carbocycles. The van der Waals surface area contributed by atoms with Gasteiger partial charge < -0.3 is 21.5 Å². The van der Waals surface area contributed by atoms with Crippen molar-refractivity contribution in [2.75, 3.05) is 13.3 Å². The summed E-state index contributed by atoms with van der Waals surface area (Å²) in [4.78, 5) is 25.3. The van der Waals surface area contributed by atoms with Crippen molar-refractivity contribution in [3.8, 4) is 6.07 Å². The van der Waals surface area contributed by atoms with Crippen molar-refractivity contribution >= 4 is 13.8 Å². The second-order valence-electron chi connectivity index (χ2n) is 5.31. The molecule has 24 heavy (non-hydrogen) atoms. The van der Waals surface area contributed by atoms with Crippen LogP contribution in [-0.4, -0.2) is 45.7 Å². The van der Waals surface area contributed by atoms with E-state index in [9.17, 15) is 9.69 Å². The number of imidazole rings is 1. The Morgan fingerprint density at radius 2 is 2.38 bits per heavy atom. The molecule has 1 aromatic rings. The molecule has 0 spiro atoms. The molecular formula is C13H20N6O4P+. The zero-order valence-corrected chi connectivity index (χ0v) is 14.0. The predicted molar refractivity (Wildman–Crippen MR) is 85.7 cm³/mol. The van der Waals surface area contributed by atoms with E-state index in [0.29, 0.717) is 12.8 Å². The zero-order valence-electron chi connectivity index (χ0n) is 13.1. The molecule has 1 saturated heterocycles. The molecule has 0 aliphatic carbocycles. The van der Waals surface area contributed by atoms with Gasteiger partial charge in [-0.3, -0.25) is 4.79 Å². The SMILES string of the molecule is C[P+](O)(OC[C@@H]1CC[C@H](N/C(N)=C(\C#N)C(N)=O)O1)n1ccnc1. The summed E-state index contributed by atoms with van der Waals surface area (Å²) in [6.45, 7) is 1.80. The first-order valence-corrected chi connectivity index (χ1v) is 9.23. The molecule has 1 aliphatic heterocycles. The van der Waals surface area contributed by atoms with Crippen molar-refractivity contribution < 1.29 is 18.9 Å². The number of hydrogen-bond donors (Lipinski definition) is 4. The van der Waals surface area contributed by atoms with Gasteiger partial charge in [0.1, 0.15) is 37.7 Å². The van der Waals surface area contributed by atoms with Crippen LogP contribution in [0.1, 0.15) is 12.8 Å². The van der Waals surface area contributed by atoms with Crippen LogP contribution in [0.3, 0.4) is 0 Å². The van der Waals surface area contributed by atoms with Crippen molar-refractivity contribution in [2.24, 2.45) is 11.5 Å². The normalized spacial score (nSPS) is 23.9. The third-order valence-electron chi connectivity index (χ3n) is 3.48. The van der Waals surface area contributed by atoms with E-state index in [1.807, 2.05) is 0 Å². The molecule has 0 radical (unpaired) electrons. The molecule has 1 aliphatic rings. The topological polar surface area (TPSA) is 161 Å². The van der Waals surface area contributed by atoms with Crippen molar-refractivity contribution in [3.63, 3.8) is 0 Å². The largest absolute Gasteiger partial charge is 0.384 e. The minimum absolute atomic E-state index is 0.116. The lowest BCUT2D eigenvalue weighted by Crippen LogP contribution is -2.35. The minimum atomic E-state index is -2.76. The Morgan fingerprint density at radius 3 is 2.96 bits per heavy atom. The van der Waals surface area contributed by atoms with Gasteiger partial charge in [0.25, 0.3) is 5.91 Å². The quantitative estimate of drug-likeness (QED) is 0.286. The van der Waals surface area contributed by atoms with Gasteiger partial charge in [0.15, 0.2) is 5.57 Å². The molecule has 130 valence electrons. The van der Waals surface area contributed by atoms with Gasteiger partial charge in [-0.15, -0.1) is 0 Å². The Balaban J connectivity index is 1.86. The number of aromatic nitrogens is 2. The van der Waals surface area contributed by atoms with E-state index >= 15 is 0 Å². The summed E-state index contributed by atoms with van der Waals surface area (Å²) < 4.78 is 12.8. The smallest absolute Gasteiger partial charge is 0.371 e. The highest BCUT2D eigenvalue weighted by atomic mass is 31.2. The number of hydrogen-bond acceptors (Lipinski definition) is 8. The number of amides is 1. The molecule has 2 heterocycles. The minimum Gasteiger partial charge on any atom is -0.384 e. The van der Waals surface area contributed by atoms with E-state index in [0.717, 1.165) is 0 Å². The van der Waals surface area contributed by atoms with Crippen LogP contribution >= 0.6 is 7.87 Å². The Labute approximate surface area is 139 Å². The summed E-state index contributed by atoms with van der Waals surface area (Å²) in [6, 6.07) is 1.65. The molecule has 1 amide bonds. The van der Waals surface area contributed by atoms with Crippen LogP contribution in [0.25, 0.3) is 0 Å². The number of primary amides is 1. The van der Waals surface area contributed by atoms with Gasteiger partial charge in [-0.25, -0.2) is 4.98 Å². The lowest BCUT2D eigenvalue weighted by molar-refractivity contribution is -0.114. The van der Waals surface area contributed by atoms with E-state index in [1.54, 1.807) is 25.1 Å². The van der Waals surface area contributed by atoms with Crippen molar-refractivity contribution in [3.05, 3.63) is 30.1 Å². The van der Waals surface area contributed by atoms with Gasteiger partial charge in [-0.1, -0.05) is 0 Å². The number of rotatable bonds is 7. The first kappa shape index (κ1) is 18.2. The Hall–Kier alpha value is -2.18. The molecule has 3 atom stereocenters. The van der Waals surface area contributed by atoms with E-state index in [-0.39, 0.29) is 24.1 Å². The average molecular weight is 355 g/mol. The lowest BCUT2D eigenvalue weighted by Gasteiger charge is -2.18. The summed E-state index contributed by atoms with van der Waals surface area (Å²) in [5.74, 6) is -1.02. The number of nitriles is 1. The summed E-state index contributed by atoms with van der Waals surface area (Å²) in [5.41, 5.74) is 10.4. The molecular weight excluding hydrogens is 335 g/mol. The highest BCUT2D eigenvalue weighted by Crippen LogP contribution is 2.52. The second kappa shape index (κ2) is 7.59. The maximum atomic E-state index is 11.1. The number of carbonyl (C=O) groups excluding carboxylic acids is 1. The molecule has 10 nitrogen and oxygen atoms in total. The maximum absolute atomic E-state index is 11.1. The van der Waals surface area contributed by atoms with Gasteiger partial charge in [0.2, 0.25) is 0 Å². The summed E-state index contributed by atoms with van der Waals surface area (Å²) in [7, 11) is -2.76. The molecule has 2 rings (SSSR count). The van der Waals surface area contributed by atoms with Crippen LogP contribution in [0.15, 0.2) is 30.1 Å². The van der Waals surface area contributed by atoms with E-state index in [2.05, 4.69) is 10.3 Å². The van der Waals surface area contributed by atoms with Crippen LogP contribution in [0, 0.1) is 11.3 Å². The summed E-state index contributed by atoms with van der Waals surface area (Å²) in [5, 5.41) is 11.6. The fourth-order valence-electron chi connectivity index (χ4n) is 2.19. The first-order chi connectivity index (χ1) is 11.3. The van der Waals surface area contributed by atoms with E-state index in [1.165, 1.54) is 10.7 Å². The van der Waals surface area contributed by atoms with Gasteiger partial charge in [0.05, 0.1) is 12.3 Å². The molecule has 11 heteroatoms. The summed E-state index contributed by atoms with van der Waals surface area (Å²) in [6.07, 6.45) is 5.26. The third kappa shape index (κ3) is 4.43. The Kier molecular flexibility index (Phi) is 5.75. The van der Waals surface area contributed by atoms with Crippen LogP contribution in [0.2, 0.25) is 0 Å². The maximum Gasteiger partial charge on any atom is 0.371 e. The highest BCUT2D eigenvalue weighted by Gasteiger charge is 2.37. The zero-order chi connectivity index (χ0) is 17.7. The average Bonchev–Trinajstić information content (AvgIpc) is 3.17. The van der Waals surface area contributed by atoms with Crippen LogP contribution < -0.4 is 16.8 Å². The number of nitrogens with one attached hydrogen (secondary N) is 1. The van der Waals surface area contributed by atoms with Crippen LogP contribution in [0.5, 0.6) is 0 Å². The molecule has 0 saturated carbocycles. The monoisotopic (exact) mass is 355 g/mol. The number of nitrogens with zero attached hydrogens (tertiary/aromatic N) is 3. The molecule has 1 unspecified atom stereocenters. The standard InChI is InChI=1S/C13H19N6O4P/c1-24(21,19-5-4-17-8-19)22-7-9-2-3-11(23-9)18-12(15)10(6-14)13(16)20/h4-5,8-9,11,21H,2-3,7H2,1H3,(H4-,15,16,18,20)/p+1/t9-,11+,24?/m0/s1. The predicted octanol–water partition coefficient (Wildman–Crippen LogP) is -0.594. The van der Waals surface area contributed by atoms with Gasteiger partial charge in [0, 0.05) is 6.20 Å². The molecule has 0 bridgehead atoms. The number of nitrogens with two attached hydrogens (primary N) is 2. The van der Waals surface area contributed by atoms with E-state index in [4.69, 9.17) is 26.0 Å². The summed E-state index contributed by atoms with van der Waals surface area (Å²) >= 11 is 0. The van der Waals surface area contributed by atoms with Gasteiger partial charge in [-0.2, -0.15) is 19.0 Å². The second-order valence-corrected chi connectivity index (χ2v) is 7.70. The van der Waals surface area contributed by atoms with Crippen molar-refractivity contribution in [2.45, 2.75) is 25.2 Å². The van der Waals surface area contributed by atoms with Crippen LogP contribution in [-0.2, 0) is 14.1 Å². The molecule has 6 N–H and O–H groups in total. The fourth-order valence-corrected chi connectivity index (χ4v) is 3.33. The van der Waals surface area contributed by atoms with E-state index < -0.39 is 20.0 Å². The Morgan fingerprint density at radius 1 is 1.62 bits per heavy atom. The van der Waals surface area contributed by atoms with Crippen molar-refractivity contribution in [1.82, 2.24) is 14.6 Å². The first-order valence-electron chi connectivity index (χ1n) is 7.17. The van der Waals surface area contributed by atoms with Crippen LogP contribution in [0.4, 0.5) is 0 Å². The Bertz CT molecular complexity index is 654. The lowest BCUT2D eigenvalue weighted by atomic mass is 10.2. The molecule has 1 fully saturated rings.